The van der Waals surface area contributed by atoms with Gasteiger partial charge >= 0.3 is 0 Å². The Hall–Kier alpha value is -3.88. The molecule has 152 valence electrons. The van der Waals surface area contributed by atoms with Gasteiger partial charge in [0.2, 0.25) is 0 Å². The van der Waals surface area contributed by atoms with Gasteiger partial charge in [-0.05, 0) is 58.7 Å². The Kier molecular flexibility index (Phi) is 4.71. The van der Waals surface area contributed by atoms with E-state index in [2.05, 4.69) is 127 Å². The second kappa shape index (κ2) is 7.99. The Bertz CT molecular complexity index is 1470. The van der Waals surface area contributed by atoms with Crippen LogP contribution in [0.15, 0.2) is 121 Å². The first-order valence-corrected chi connectivity index (χ1v) is 11.6. The van der Waals surface area contributed by atoms with Crippen LogP contribution in [0.5, 0.6) is 0 Å². The number of nitrogens with one attached hydrogen (secondary N) is 1. The van der Waals surface area contributed by atoms with Crippen LogP contribution in [0.1, 0.15) is 0 Å². The summed E-state index contributed by atoms with van der Waals surface area (Å²) in [5, 5.41) is 6.32. The number of rotatable bonds is 4. The normalized spacial score (nSPS) is 11.1. The minimum atomic E-state index is 1.09. The van der Waals surface area contributed by atoms with Crippen molar-refractivity contribution in [2.75, 3.05) is 5.32 Å². The number of benzene rings is 5. The Morgan fingerprint density at radius 3 is 1.69 bits per heavy atom. The fourth-order valence-electron chi connectivity index (χ4n) is 4.26. The summed E-state index contributed by atoms with van der Waals surface area (Å²) >= 11 is 1.85. The molecule has 0 atom stereocenters. The Morgan fingerprint density at radius 1 is 0.406 bits per heavy atom. The van der Waals surface area contributed by atoms with E-state index in [0.29, 0.717) is 0 Å². The predicted octanol–water partition coefficient (Wildman–Crippen LogP) is 9.13. The molecule has 0 spiro atoms. The molecule has 0 saturated heterocycles. The highest BCUT2D eigenvalue weighted by atomic mass is 32.1. The van der Waals surface area contributed by atoms with E-state index in [1.54, 1.807) is 0 Å². The minimum absolute atomic E-state index is 1.09. The van der Waals surface area contributed by atoms with Gasteiger partial charge in [-0.3, -0.25) is 0 Å². The highest BCUT2D eigenvalue weighted by molar-refractivity contribution is 7.25. The predicted molar refractivity (Wildman–Crippen MR) is 140 cm³/mol. The first-order chi connectivity index (χ1) is 15.8. The van der Waals surface area contributed by atoms with Crippen LogP contribution < -0.4 is 5.32 Å². The molecule has 0 radical (unpaired) electrons. The first-order valence-electron chi connectivity index (χ1n) is 10.8. The summed E-state index contributed by atoms with van der Waals surface area (Å²) in [7, 11) is 0. The second-order valence-electron chi connectivity index (χ2n) is 7.97. The van der Waals surface area contributed by atoms with Crippen molar-refractivity contribution in [2.45, 2.75) is 0 Å². The smallest absolute Gasteiger partial charge is 0.0398 e. The molecule has 5 aromatic carbocycles. The third kappa shape index (κ3) is 3.55. The number of thiophene rings is 1. The molecule has 0 fully saturated rings. The average Bonchev–Trinajstić information content (AvgIpc) is 3.23. The van der Waals surface area contributed by atoms with Crippen molar-refractivity contribution < 1.29 is 0 Å². The lowest BCUT2D eigenvalue weighted by atomic mass is 9.98. The van der Waals surface area contributed by atoms with E-state index < -0.39 is 0 Å². The summed E-state index contributed by atoms with van der Waals surface area (Å²) in [5.74, 6) is 0. The molecule has 1 heterocycles. The maximum atomic E-state index is 3.67. The van der Waals surface area contributed by atoms with Gasteiger partial charge in [0, 0.05) is 31.5 Å². The van der Waals surface area contributed by atoms with Gasteiger partial charge in [-0.2, -0.15) is 0 Å². The van der Waals surface area contributed by atoms with E-state index in [4.69, 9.17) is 0 Å². The standard InChI is InChI=1S/C30H21NS/c1-3-9-21(10-4-1)23-17-24(22-11-5-2-6-12-22)19-26(18-23)31-25-15-16-28-27-13-7-8-14-29(27)32-30(28)20-25/h1-20,31H. The van der Waals surface area contributed by atoms with Crippen LogP contribution >= 0.6 is 11.3 Å². The van der Waals surface area contributed by atoms with Crippen LogP contribution in [0, 0.1) is 0 Å². The quantitative estimate of drug-likeness (QED) is 0.296. The van der Waals surface area contributed by atoms with Crippen LogP contribution in [0.3, 0.4) is 0 Å². The molecule has 6 aromatic rings. The first kappa shape index (κ1) is 18.9. The zero-order chi connectivity index (χ0) is 21.3. The number of anilines is 2. The van der Waals surface area contributed by atoms with Crippen molar-refractivity contribution in [3.63, 3.8) is 0 Å². The second-order valence-corrected chi connectivity index (χ2v) is 9.05. The Morgan fingerprint density at radius 2 is 1.00 bits per heavy atom. The van der Waals surface area contributed by atoms with Gasteiger partial charge < -0.3 is 5.32 Å². The van der Waals surface area contributed by atoms with E-state index in [9.17, 15) is 0 Å². The maximum absolute atomic E-state index is 3.67. The van der Waals surface area contributed by atoms with E-state index in [0.717, 1.165) is 11.4 Å². The van der Waals surface area contributed by atoms with Crippen LogP contribution in [0.25, 0.3) is 42.4 Å². The Balaban J connectivity index is 1.44. The average molecular weight is 428 g/mol. The zero-order valence-corrected chi connectivity index (χ0v) is 18.3. The molecule has 0 aliphatic carbocycles. The van der Waals surface area contributed by atoms with E-state index in [1.807, 2.05) is 11.3 Å². The molecule has 32 heavy (non-hydrogen) atoms. The molecule has 0 aliphatic heterocycles. The van der Waals surface area contributed by atoms with Crippen molar-refractivity contribution in [2.24, 2.45) is 0 Å². The van der Waals surface area contributed by atoms with Gasteiger partial charge in [0.15, 0.2) is 0 Å². The van der Waals surface area contributed by atoms with Crippen LogP contribution in [-0.4, -0.2) is 0 Å². The third-order valence-corrected chi connectivity index (χ3v) is 6.95. The number of hydrogen-bond donors (Lipinski definition) is 1. The zero-order valence-electron chi connectivity index (χ0n) is 17.5. The monoisotopic (exact) mass is 427 g/mol. The lowest BCUT2D eigenvalue weighted by Gasteiger charge is -2.13. The summed E-state index contributed by atoms with van der Waals surface area (Å²) in [6.45, 7) is 0. The summed E-state index contributed by atoms with van der Waals surface area (Å²) in [5.41, 5.74) is 7.04. The highest BCUT2D eigenvalue weighted by Gasteiger charge is 2.08. The van der Waals surface area contributed by atoms with Crippen LogP contribution in [0.4, 0.5) is 11.4 Å². The van der Waals surface area contributed by atoms with Gasteiger partial charge in [0.1, 0.15) is 0 Å². The molecule has 1 nitrogen and oxygen atoms in total. The Labute approximate surface area is 191 Å². The minimum Gasteiger partial charge on any atom is -0.355 e. The molecule has 0 amide bonds. The van der Waals surface area contributed by atoms with Crippen molar-refractivity contribution in [1.29, 1.82) is 0 Å². The van der Waals surface area contributed by atoms with Crippen molar-refractivity contribution in [3.8, 4) is 22.3 Å². The van der Waals surface area contributed by atoms with Gasteiger partial charge in [-0.1, -0.05) is 84.9 Å². The largest absolute Gasteiger partial charge is 0.355 e. The maximum Gasteiger partial charge on any atom is 0.0398 e. The summed E-state index contributed by atoms with van der Waals surface area (Å²) in [4.78, 5) is 0. The van der Waals surface area contributed by atoms with Crippen LogP contribution in [-0.2, 0) is 0 Å². The van der Waals surface area contributed by atoms with Crippen molar-refractivity contribution in [3.05, 3.63) is 121 Å². The lowest BCUT2D eigenvalue weighted by Crippen LogP contribution is -1.92. The molecule has 0 bridgehead atoms. The van der Waals surface area contributed by atoms with Gasteiger partial charge in [-0.15, -0.1) is 11.3 Å². The molecule has 1 aromatic heterocycles. The topological polar surface area (TPSA) is 12.0 Å². The number of hydrogen-bond acceptors (Lipinski definition) is 2. The highest BCUT2D eigenvalue weighted by Crippen LogP contribution is 2.37. The molecular weight excluding hydrogens is 406 g/mol. The van der Waals surface area contributed by atoms with Gasteiger partial charge in [0.05, 0.1) is 0 Å². The van der Waals surface area contributed by atoms with Crippen molar-refractivity contribution >= 4 is 42.9 Å². The SMILES string of the molecule is c1ccc(-c2cc(Nc3ccc4c(c3)sc3ccccc34)cc(-c3ccccc3)c2)cc1. The molecule has 6 rings (SSSR count). The molecule has 0 saturated carbocycles. The molecule has 1 N–H and O–H groups in total. The summed E-state index contributed by atoms with van der Waals surface area (Å²) in [6, 6.07) is 43.2. The van der Waals surface area contributed by atoms with Crippen molar-refractivity contribution in [1.82, 2.24) is 0 Å². The van der Waals surface area contributed by atoms with E-state index in [1.165, 1.54) is 42.4 Å². The molecule has 0 unspecified atom stereocenters. The van der Waals surface area contributed by atoms with Gasteiger partial charge in [0.25, 0.3) is 0 Å². The van der Waals surface area contributed by atoms with Crippen LogP contribution in [0.2, 0.25) is 0 Å². The van der Waals surface area contributed by atoms with E-state index >= 15 is 0 Å². The fraction of sp³-hybridized carbons (Fsp3) is 0. The fourth-order valence-corrected chi connectivity index (χ4v) is 5.41. The third-order valence-electron chi connectivity index (χ3n) is 5.81. The van der Waals surface area contributed by atoms with Gasteiger partial charge in [-0.25, -0.2) is 0 Å². The number of fused-ring (bicyclic) bond motifs is 3. The lowest BCUT2D eigenvalue weighted by molar-refractivity contribution is 1.54. The molecular formula is C30H21NS. The molecule has 0 aliphatic rings. The van der Waals surface area contributed by atoms with E-state index in [-0.39, 0.29) is 0 Å². The molecule has 2 heteroatoms. The summed E-state index contributed by atoms with van der Waals surface area (Å²) < 4.78 is 2.63. The summed E-state index contributed by atoms with van der Waals surface area (Å²) in [6.07, 6.45) is 0.